The second-order valence-electron chi connectivity index (χ2n) is 4.40. The average Bonchev–Trinajstić information content (AvgIpc) is 2.52. The summed E-state index contributed by atoms with van der Waals surface area (Å²) >= 11 is 6.41. The molecule has 0 bridgehead atoms. The highest BCUT2D eigenvalue weighted by Crippen LogP contribution is 2.42. The lowest BCUT2D eigenvalue weighted by molar-refractivity contribution is 0.397. The molecule has 6 heteroatoms. The molecule has 1 aromatic heterocycles. The van der Waals surface area contributed by atoms with Gasteiger partial charge in [0.25, 0.3) is 0 Å². The Morgan fingerprint density at radius 3 is 2.62 bits per heavy atom. The summed E-state index contributed by atoms with van der Waals surface area (Å²) in [6.07, 6.45) is 2.44. The summed E-state index contributed by atoms with van der Waals surface area (Å²) in [6.45, 7) is 2.77. The van der Waals surface area contributed by atoms with Crippen LogP contribution < -0.4 is 14.8 Å². The third kappa shape index (κ3) is 2.67. The molecule has 1 aromatic carbocycles. The molecular formula is C15H16ClN3O2. The normalized spacial score (nSPS) is 10.2. The first-order valence-electron chi connectivity index (χ1n) is 6.55. The smallest absolute Gasteiger partial charge is 0.148 e. The highest BCUT2D eigenvalue weighted by atomic mass is 35.5. The zero-order valence-electron chi connectivity index (χ0n) is 12.2. The summed E-state index contributed by atoms with van der Waals surface area (Å²) in [6, 6.07) is 3.82. The van der Waals surface area contributed by atoms with Crippen LogP contribution in [0.5, 0.6) is 11.5 Å². The minimum atomic E-state index is 0.413. The number of pyridine rings is 1. The van der Waals surface area contributed by atoms with Gasteiger partial charge in [-0.25, -0.2) is 0 Å². The van der Waals surface area contributed by atoms with E-state index < -0.39 is 0 Å². The van der Waals surface area contributed by atoms with Crippen LogP contribution in [-0.2, 0) is 0 Å². The number of fused-ring (bicyclic) bond motifs is 1. The summed E-state index contributed by atoms with van der Waals surface area (Å²) in [5.41, 5.74) is 1.70. The lowest BCUT2D eigenvalue weighted by Crippen LogP contribution is -2.04. The maximum absolute atomic E-state index is 9.29. The van der Waals surface area contributed by atoms with Crippen LogP contribution in [0.15, 0.2) is 12.3 Å². The number of rotatable bonds is 5. The minimum absolute atomic E-state index is 0.413. The van der Waals surface area contributed by atoms with E-state index in [9.17, 15) is 5.26 Å². The quantitative estimate of drug-likeness (QED) is 0.914. The van der Waals surface area contributed by atoms with Gasteiger partial charge in [-0.05, 0) is 6.42 Å². The van der Waals surface area contributed by atoms with Crippen LogP contribution in [-0.4, -0.2) is 25.7 Å². The Morgan fingerprint density at radius 1 is 1.33 bits per heavy atom. The molecule has 0 saturated heterocycles. The molecule has 1 N–H and O–H groups in total. The van der Waals surface area contributed by atoms with Crippen molar-refractivity contribution in [1.29, 1.82) is 5.26 Å². The number of aromatic nitrogens is 1. The fourth-order valence-electron chi connectivity index (χ4n) is 2.11. The van der Waals surface area contributed by atoms with Crippen molar-refractivity contribution in [3.63, 3.8) is 0 Å². The molecule has 0 unspecified atom stereocenters. The van der Waals surface area contributed by atoms with E-state index in [0.29, 0.717) is 38.7 Å². The molecule has 0 aliphatic rings. The first-order valence-corrected chi connectivity index (χ1v) is 6.92. The Labute approximate surface area is 128 Å². The summed E-state index contributed by atoms with van der Waals surface area (Å²) in [7, 11) is 3.09. The van der Waals surface area contributed by atoms with Crippen LogP contribution in [0.4, 0.5) is 5.69 Å². The lowest BCUT2D eigenvalue weighted by atomic mass is 10.1. The fourth-order valence-corrected chi connectivity index (χ4v) is 2.42. The van der Waals surface area contributed by atoms with Gasteiger partial charge in [0.1, 0.15) is 23.1 Å². The molecule has 0 fully saturated rings. The molecule has 0 atom stereocenters. The second-order valence-corrected chi connectivity index (χ2v) is 4.78. The van der Waals surface area contributed by atoms with E-state index >= 15 is 0 Å². The van der Waals surface area contributed by atoms with E-state index in [-0.39, 0.29) is 0 Å². The number of hydrogen-bond acceptors (Lipinski definition) is 5. The number of benzene rings is 1. The van der Waals surface area contributed by atoms with Crippen molar-refractivity contribution in [2.24, 2.45) is 0 Å². The minimum Gasteiger partial charge on any atom is -0.495 e. The van der Waals surface area contributed by atoms with Gasteiger partial charge < -0.3 is 14.8 Å². The van der Waals surface area contributed by atoms with E-state index in [1.807, 2.05) is 6.92 Å². The van der Waals surface area contributed by atoms with Crippen molar-refractivity contribution < 1.29 is 9.47 Å². The molecule has 2 aromatic rings. The van der Waals surface area contributed by atoms with Gasteiger partial charge in [0.05, 0.1) is 35.9 Å². The third-order valence-corrected chi connectivity index (χ3v) is 3.50. The molecule has 21 heavy (non-hydrogen) atoms. The van der Waals surface area contributed by atoms with Crippen LogP contribution in [0.1, 0.15) is 18.9 Å². The SMILES string of the molecule is CCCNc1c(C#N)cnc2c(OC)cc(OC)c(Cl)c12. The monoisotopic (exact) mass is 305 g/mol. The maximum Gasteiger partial charge on any atom is 0.148 e. The Kier molecular flexibility index (Phi) is 4.71. The van der Waals surface area contributed by atoms with E-state index in [2.05, 4.69) is 16.4 Å². The standard InChI is InChI=1S/C15H16ClN3O2/c1-4-5-18-14-9(7-17)8-19-15-11(21-3)6-10(20-2)13(16)12(14)15/h6,8H,4-5H2,1-3H3,(H,18,19). The van der Waals surface area contributed by atoms with Crippen molar-refractivity contribution in [1.82, 2.24) is 4.98 Å². The predicted molar refractivity (Wildman–Crippen MR) is 83.4 cm³/mol. The Bertz CT molecular complexity index is 710. The van der Waals surface area contributed by atoms with Gasteiger partial charge in [-0.2, -0.15) is 5.26 Å². The largest absolute Gasteiger partial charge is 0.495 e. The van der Waals surface area contributed by atoms with Gasteiger partial charge in [0.15, 0.2) is 0 Å². The molecule has 5 nitrogen and oxygen atoms in total. The van der Waals surface area contributed by atoms with Gasteiger partial charge in [0.2, 0.25) is 0 Å². The first kappa shape index (κ1) is 15.2. The van der Waals surface area contributed by atoms with Crippen LogP contribution >= 0.6 is 11.6 Å². The fraction of sp³-hybridized carbons (Fsp3) is 0.333. The average molecular weight is 306 g/mol. The van der Waals surface area contributed by atoms with Crippen molar-refractivity contribution in [3.8, 4) is 17.6 Å². The number of halogens is 1. The van der Waals surface area contributed by atoms with Crippen LogP contribution in [0.3, 0.4) is 0 Å². The van der Waals surface area contributed by atoms with Crippen molar-refractivity contribution in [2.45, 2.75) is 13.3 Å². The van der Waals surface area contributed by atoms with Crippen molar-refractivity contribution in [2.75, 3.05) is 26.1 Å². The van der Waals surface area contributed by atoms with Crippen LogP contribution in [0.2, 0.25) is 5.02 Å². The molecule has 2 rings (SSSR count). The maximum atomic E-state index is 9.29. The summed E-state index contributed by atoms with van der Waals surface area (Å²) in [5.74, 6) is 1.03. The molecule has 110 valence electrons. The van der Waals surface area contributed by atoms with Crippen LogP contribution in [0.25, 0.3) is 10.9 Å². The third-order valence-electron chi connectivity index (χ3n) is 3.12. The number of ether oxygens (including phenoxy) is 2. The van der Waals surface area contributed by atoms with Gasteiger partial charge in [-0.1, -0.05) is 18.5 Å². The number of nitrogens with one attached hydrogen (secondary N) is 1. The molecule has 0 saturated carbocycles. The number of methoxy groups -OCH3 is 2. The Hall–Kier alpha value is -2.19. The van der Waals surface area contributed by atoms with E-state index in [1.54, 1.807) is 13.2 Å². The van der Waals surface area contributed by atoms with Crippen LogP contribution in [0, 0.1) is 11.3 Å². The van der Waals surface area contributed by atoms with Gasteiger partial charge in [-0.3, -0.25) is 4.98 Å². The van der Waals surface area contributed by atoms with E-state index in [4.69, 9.17) is 21.1 Å². The number of nitriles is 1. The molecule has 0 spiro atoms. The summed E-state index contributed by atoms with van der Waals surface area (Å²) < 4.78 is 10.6. The molecule has 0 amide bonds. The van der Waals surface area contributed by atoms with E-state index in [0.717, 1.165) is 13.0 Å². The molecule has 0 aliphatic carbocycles. The molecule has 0 radical (unpaired) electrons. The number of anilines is 1. The highest BCUT2D eigenvalue weighted by Gasteiger charge is 2.18. The molecular weight excluding hydrogens is 290 g/mol. The zero-order chi connectivity index (χ0) is 15.4. The molecule has 1 heterocycles. The van der Waals surface area contributed by atoms with Crippen molar-refractivity contribution >= 4 is 28.2 Å². The van der Waals surface area contributed by atoms with E-state index in [1.165, 1.54) is 13.3 Å². The Morgan fingerprint density at radius 2 is 2.05 bits per heavy atom. The lowest BCUT2D eigenvalue weighted by Gasteiger charge is -2.15. The highest BCUT2D eigenvalue weighted by molar-refractivity contribution is 6.38. The number of hydrogen-bond donors (Lipinski definition) is 1. The summed E-state index contributed by atoms with van der Waals surface area (Å²) in [5, 5.41) is 13.6. The topological polar surface area (TPSA) is 67.2 Å². The second kappa shape index (κ2) is 6.51. The summed E-state index contributed by atoms with van der Waals surface area (Å²) in [4.78, 5) is 4.30. The first-order chi connectivity index (χ1) is 10.2. The van der Waals surface area contributed by atoms with Gasteiger partial charge >= 0.3 is 0 Å². The zero-order valence-corrected chi connectivity index (χ0v) is 12.9. The van der Waals surface area contributed by atoms with Crippen molar-refractivity contribution in [3.05, 3.63) is 22.8 Å². The molecule has 0 aliphatic heterocycles. The predicted octanol–water partition coefficient (Wildman–Crippen LogP) is 3.60. The van der Waals surface area contributed by atoms with Gasteiger partial charge in [0, 0.05) is 18.8 Å². The van der Waals surface area contributed by atoms with Gasteiger partial charge in [-0.15, -0.1) is 0 Å². The Balaban J connectivity index is 2.85. The number of nitrogens with zero attached hydrogens (tertiary/aromatic N) is 2.